The van der Waals surface area contributed by atoms with E-state index in [-0.39, 0.29) is 17.7 Å². The minimum atomic E-state index is -0.360. The molecule has 1 rings (SSSR count). The van der Waals surface area contributed by atoms with E-state index in [0.717, 1.165) is 25.8 Å². The van der Waals surface area contributed by atoms with Crippen molar-refractivity contribution >= 4 is 0 Å². The van der Waals surface area contributed by atoms with E-state index < -0.39 is 0 Å². The molecule has 1 N–H and O–H groups in total. The SMILES string of the molecule is CCCCCCC(Cc1cc(F)ccc1F)NCCC. The van der Waals surface area contributed by atoms with Gasteiger partial charge in [-0.25, -0.2) is 8.78 Å². The van der Waals surface area contributed by atoms with Gasteiger partial charge in [0.1, 0.15) is 11.6 Å². The van der Waals surface area contributed by atoms with Crippen LogP contribution in [0.4, 0.5) is 8.78 Å². The Kier molecular flexibility index (Phi) is 8.43. The van der Waals surface area contributed by atoms with Gasteiger partial charge in [0.2, 0.25) is 0 Å². The van der Waals surface area contributed by atoms with E-state index in [4.69, 9.17) is 0 Å². The second-order valence-electron chi connectivity index (χ2n) is 5.44. The van der Waals surface area contributed by atoms with Gasteiger partial charge in [0.05, 0.1) is 0 Å². The Morgan fingerprint density at radius 1 is 1.05 bits per heavy atom. The van der Waals surface area contributed by atoms with E-state index in [1.54, 1.807) is 0 Å². The maximum atomic E-state index is 13.7. The van der Waals surface area contributed by atoms with Crippen LogP contribution in [0.1, 0.15) is 57.9 Å². The summed E-state index contributed by atoms with van der Waals surface area (Å²) in [6.45, 7) is 5.23. The minimum Gasteiger partial charge on any atom is -0.314 e. The van der Waals surface area contributed by atoms with Crippen LogP contribution in [0.5, 0.6) is 0 Å². The molecule has 0 aliphatic heterocycles. The van der Waals surface area contributed by atoms with Crippen LogP contribution in [0.25, 0.3) is 0 Å². The first-order valence-electron chi connectivity index (χ1n) is 7.84. The fourth-order valence-electron chi connectivity index (χ4n) is 2.41. The average molecular weight is 283 g/mol. The van der Waals surface area contributed by atoms with Crippen molar-refractivity contribution in [2.24, 2.45) is 0 Å². The zero-order valence-corrected chi connectivity index (χ0v) is 12.7. The van der Waals surface area contributed by atoms with Gasteiger partial charge >= 0.3 is 0 Å². The molecule has 0 aromatic heterocycles. The number of rotatable bonds is 10. The second-order valence-corrected chi connectivity index (χ2v) is 5.44. The van der Waals surface area contributed by atoms with Gasteiger partial charge in [-0.1, -0.05) is 39.5 Å². The molecule has 0 heterocycles. The van der Waals surface area contributed by atoms with Crippen LogP contribution in [0, 0.1) is 11.6 Å². The van der Waals surface area contributed by atoms with Crippen LogP contribution in [0.15, 0.2) is 18.2 Å². The normalized spacial score (nSPS) is 12.6. The molecule has 0 aliphatic carbocycles. The molecule has 0 bridgehead atoms. The van der Waals surface area contributed by atoms with Crippen molar-refractivity contribution < 1.29 is 8.78 Å². The molecule has 0 amide bonds. The molecule has 20 heavy (non-hydrogen) atoms. The maximum absolute atomic E-state index is 13.7. The summed E-state index contributed by atoms with van der Waals surface area (Å²) in [6, 6.07) is 3.96. The molecule has 0 saturated carbocycles. The number of hydrogen-bond acceptors (Lipinski definition) is 1. The minimum absolute atomic E-state index is 0.239. The van der Waals surface area contributed by atoms with Gasteiger partial charge in [0.25, 0.3) is 0 Å². The summed E-state index contributed by atoms with van der Waals surface area (Å²) in [7, 11) is 0. The fourth-order valence-corrected chi connectivity index (χ4v) is 2.41. The van der Waals surface area contributed by atoms with E-state index >= 15 is 0 Å². The molecule has 0 aliphatic rings. The molecule has 1 aromatic rings. The quantitative estimate of drug-likeness (QED) is 0.605. The Balaban J connectivity index is 2.55. The Bertz CT molecular complexity index is 379. The van der Waals surface area contributed by atoms with Gasteiger partial charge < -0.3 is 5.32 Å². The molecule has 0 radical (unpaired) electrons. The molecule has 0 fully saturated rings. The Morgan fingerprint density at radius 3 is 2.55 bits per heavy atom. The van der Waals surface area contributed by atoms with Gasteiger partial charge in [-0.05, 0) is 49.6 Å². The van der Waals surface area contributed by atoms with Crippen molar-refractivity contribution in [1.29, 1.82) is 0 Å². The lowest BCUT2D eigenvalue weighted by atomic mass is 9.99. The predicted octanol–water partition coefficient (Wildman–Crippen LogP) is 4.85. The van der Waals surface area contributed by atoms with E-state index in [2.05, 4.69) is 19.2 Å². The first-order chi connectivity index (χ1) is 9.67. The fraction of sp³-hybridized carbons (Fsp3) is 0.647. The largest absolute Gasteiger partial charge is 0.314 e. The summed E-state index contributed by atoms with van der Waals surface area (Å²) >= 11 is 0. The van der Waals surface area contributed by atoms with Crippen molar-refractivity contribution in [2.75, 3.05) is 6.54 Å². The van der Waals surface area contributed by atoms with Gasteiger partial charge in [-0.2, -0.15) is 0 Å². The van der Waals surface area contributed by atoms with E-state index in [1.165, 1.54) is 37.5 Å². The highest BCUT2D eigenvalue weighted by Gasteiger charge is 2.12. The number of halogens is 2. The molecule has 114 valence electrons. The van der Waals surface area contributed by atoms with Crippen molar-refractivity contribution in [3.05, 3.63) is 35.4 Å². The van der Waals surface area contributed by atoms with Crippen LogP contribution < -0.4 is 5.32 Å². The van der Waals surface area contributed by atoms with E-state index in [9.17, 15) is 8.78 Å². The summed E-state index contributed by atoms with van der Waals surface area (Å²) in [5, 5.41) is 3.45. The Morgan fingerprint density at radius 2 is 1.85 bits per heavy atom. The van der Waals surface area contributed by atoms with E-state index in [0.29, 0.717) is 12.0 Å². The van der Waals surface area contributed by atoms with Gasteiger partial charge in [0, 0.05) is 6.04 Å². The van der Waals surface area contributed by atoms with Crippen LogP contribution in [0.2, 0.25) is 0 Å². The summed E-state index contributed by atoms with van der Waals surface area (Å²) in [4.78, 5) is 0. The second kappa shape index (κ2) is 9.87. The first kappa shape index (κ1) is 17.1. The topological polar surface area (TPSA) is 12.0 Å². The van der Waals surface area contributed by atoms with Crippen LogP contribution in [-0.4, -0.2) is 12.6 Å². The summed E-state index contributed by atoms with van der Waals surface area (Å²) < 4.78 is 26.9. The number of nitrogens with one attached hydrogen (secondary N) is 1. The van der Waals surface area contributed by atoms with Crippen LogP contribution >= 0.6 is 0 Å². The van der Waals surface area contributed by atoms with Crippen LogP contribution in [-0.2, 0) is 6.42 Å². The summed E-state index contributed by atoms with van der Waals surface area (Å²) in [5.74, 6) is -0.662. The molecule has 1 nitrogen and oxygen atoms in total. The van der Waals surface area contributed by atoms with Crippen molar-refractivity contribution in [1.82, 2.24) is 5.32 Å². The van der Waals surface area contributed by atoms with Crippen molar-refractivity contribution in [3.8, 4) is 0 Å². The maximum Gasteiger partial charge on any atom is 0.126 e. The predicted molar refractivity (Wildman–Crippen MR) is 80.9 cm³/mol. The van der Waals surface area contributed by atoms with Crippen molar-refractivity contribution in [3.63, 3.8) is 0 Å². The van der Waals surface area contributed by atoms with E-state index in [1.807, 2.05) is 0 Å². The number of hydrogen-bond donors (Lipinski definition) is 1. The molecule has 1 aromatic carbocycles. The monoisotopic (exact) mass is 283 g/mol. The number of unbranched alkanes of at least 4 members (excludes halogenated alkanes) is 3. The molecular formula is C17H27F2N. The first-order valence-corrected chi connectivity index (χ1v) is 7.84. The molecule has 0 saturated heterocycles. The lowest BCUT2D eigenvalue weighted by molar-refractivity contribution is 0.445. The van der Waals surface area contributed by atoms with Gasteiger partial charge in [0.15, 0.2) is 0 Å². The highest BCUT2D eigenvalue weighted by molar-refractivity contribution is 5.19. The molecule has 3 heteroatoms. The Hall–Kier alpha value is -0.960. The molecule has 1 atom stereocenters. The third-order valence-electron chi connectivity index (χ3n) is 3.56. The van der Waals surface area contributed by atoms with Gasteiger partial charge in [-0.3, -0.25) is 0 Å². The lowest BCUT2D eigenvalue weighted by Gasteiger charge is -2.19. The molecule has 0 spiro atoms. The lowest BCUT2D eigenvalue weighted by Crippen LogP contribution is -2.32. The highest BCUT2D eigenvalue weighted by Crippen LogP contribution is 2.15. The van der Waals surface area contributed by atoms with Crippen molar-refractivity contribution in [2.45, 2.75) is 64.8 Å². The highest BCUT2D eigenvalue weighted by atomic mass is 19.1. The summed E-state index contributed by atoms with van der Waals surface area (Å²) in [5.41, 5.74) is 0.481. The summed E-state index contributed by atoms with van der Waals surface area (Å²) in [6.07, 6.45) is 7.46. The molecular weight excluding hydrogens is 256 g/mol. The molecule has 1 unspecified atom stereocenters. The van der Waals surface area contributed by atoms with Gasteiger partial charge in [-0.15, -0.1) is 0 Å². The standard InChI is InChI=1S/C17H27F2N/c1-3-5-6-7-8-16(20-11-4-2)13-14-12-15(18)9-10-17(14)19/h9-10,12,16,20H,3-8,11,13H2,1-2H3. The number of benzene rings is 1. The zero-order chi connectivity index (χ0) is 14.8. The van der Waals surface area contributed by atoms with Crippen LogP contribution in [0.3, 0.4) is 0 Å². The Labute approximate surface area is 121 Å². The zero-order valence-electron chi connectivity index (χ0n) is 12.7. The smallest absolute Gasteiger partial charge is 0.126 e. The third-order valence-corrected chi connectivity index (χ3v) is 3.56. The third kappa shape index (κ3) is 6.47. The average Bonchev–Trinajstić information content (AvgIpc) is 2.44.